The molecule has 0 N–H and O–H groups in total. The Morgan fingerprint density at radius 3 is 2.66 bits per heavy atom. The maximum absolute atomic E-state index is 13.1. The van der Waals surface area contributed by atoms with E-state index in [-0.39, 0.29) is 23.1 Å². The van der Waals surface area contributed by atoms with Crippen molar-refractivity contribution in [2.45, 2.75) is 19.9 Å². The molecule has 1 aliphatic rings. The highest BCUT2D eigenvalue weighted by atomic mass is 19.1. The first-order valence-corrected chi connectivity index (χ1v) is 10.4. The van der Waals surface area contributed by atoms with Crippen molar-refractivity contribution >= 4 is 11.6 Å². The number of nitro benzene ring substituents is 1. The van der Waals surface area contributed by atoms with Gasteiger partial charge in [0.05, 0.1) is 16.3 Å². The number of carbonyl (C=O) groups is 1. The molecule has 1 fully saturated rings. The van der Waals surface area contributed by atoms with Gasteiger partial charge < -0.3 is 4.90 Å². The van der Waals surface area contributed by atoms with Crippen LogP contribution >= 0.6 is 0 Å². The zero-order valence-electron chi connectivity index (χ0n) is 17.6. The summed E-state index contributed by atoms with van der Waals surface area (Å²) in [7, 11) is 0. The molecule has 1 saturated heterocycles. The number of halogens is 1. The lowest BCUT2D eigenvalue weighted by atomic mass is 10.2. The van der Waals surface area contributed by atoms with Crippen LogP contribution in [0.2, 0.25) is 0 Å². The van der Waals surface area contributed by atoms with Crippen LogP contribution < -0.4 is 0 Å². The molecule has 0 saturated carbocycles. The minimum Gasteiger partial charge on any atom is -0.336 e. The highest BCUT2D eigenvalue weighted by Crippen LogP contribution is 2.19. The van der Waals surface area contributed by atoms with Crippen molar-refractivity contribution in [1.82, 2.24) is 24.8 Å². The van der Waals surface area contributed by atoms with Crippen LogP contribution in [0.15, 0.2) is 48.5 Å². The molecule has 1 aliphatic heterocycles. The van der Waals surface area contributed by atoms with E-state index in [1.54, 1.807) is 36.1 Å². The maximum atomic E-state index is 13.1. The van der Waals surface area contributed by atoms with Gasteiger partial charge in [0, 0.05) is 44.9 Å². The van der Waals surface area contributed by atoms with Crippen LogP contribution in [0.3, 0.4) is 0 Å². The Kier molecular flexibility index (Phi) is 6.22. The SMILES string of the molecule is Cc1c(C(=O)N2CCCN(Cc3ccc(F)cc3)CC2)nnn1-c1cccc([N+](=O)[O-])c1. The summed E-state index contributed by atoms with van der Waals surface area (Å²) in [6.45, 7) is 5.10. The normalized spacial score (nSPS) is 14.9. The fraction of sp³-hybridized carbons (Fsp3) is 0.318. The van der Waals surface area contributed by atoms with Crippen molar-refractivity contribution in [1.29, 1.82) is 0 Å². The molecule has 2 aromatic carbocycles. The summed E-state index contributed by atoms with van der Waals surface area (Å²) >= 11 is 0. The third-order valence-corrected chi connectivity index (χ3v) is 5.58. The molecule has 9 nitrogen and oxygen atoms in total. The van der Waals surface area contributed by atoms with Gasteiger partial charge in [-0.15, -0.1) is 5.10 Å². The van der Waals surface area contributed by atoms with Crippen molar-refractivity contribution in [3.63, 3.8) is 0 Å². The second-order valence-electron chi connectivity index (χ2n) is 7.76. The second-order valence-corrected chi connectivity index (χ2v) is 7.76. The van der Waals surface area contributed by atoms with E-state index in [0.29, 0.717) is 37.6 Å². The molecule has 0 atom stereocenters. The molecule has 166 valence electrons. The molecule has 0 unspecified atom stereocenters. The lowest BCUT2D eigenvalue weighted by Gasteiger charge is -2.21. The van der Waals surface area contributed by atoms with Gasteiger partial charge in [0.15, 0.2) is 5.69 Å². The van der Waals surface area contributed by atoms with Gasteiger partial charge in [0.2, 0.25) is 0 Å². The number of nitro groups is 1. The van der Waals surface area contributed by atoms with Crippen LogP contribution in [-0.2, 0) is 6.54 Å². The third-order valence-electron chi connectivity index (χ3n) is 5.58. The molecule has 0 bridgehead atoms. The summed E-state index contributed by atoms with van der Waals surface area (Å²) in [5.74, 6) is -0.460. The molecule has 1 amide bonds. The number of hydrogen-bond acceptors (Lipinski definition) is 6. The van der Waals surface area contributed by atoms with Gasteiger partial charge in [-0.05, 0) is 37.1 Å². The topological polar surface area (TPSA) is 97.4 Å². The zero-order valence-corrected chi connectivity index (χ0v) is 17.6. The van der Waals surface area contributed by atoms with Crippen LogP contribution in [0.5, 0.6) is 0 Å². The molecule has 0 aliphatic carbocycles. The second kappa shape index (κ2) is 9.23. The molecule has 2 heterocycles. The lowest BCUT2D eigenvalue weighted by Crippen LogP contribution is -2.35. The van der Waals surface area contributed by atoms with Crippen molar-refractivity contribution in [3.8, 4) is 5.69 Å². The predicted molar refractivity (Wildman–Crippen MR) is 115 cm³/mol. The standard InChI is InChI=1S/C22H23FN6O3/c1-16-21(24-25-28(16)19-4-2-5-20(14-19)29(31)32)22(30)27-11-3-10-26(12-13-27)15-17-6-8-18(23)9-7-17/h2,4-9,14H,3,10-13,15H2,1H3. The molecular formula is C22H23FN6O3. The van der Waals surface area contributed by atoms with Gasteiger partial charge in [-0.3, -0.25) is 19.8 Å². The van der Waals surface area contributed by atoms with Gasteiger partial charge in [-0.1, -0.05) is 23.4 Å². The first-order valence-electron chi connectivity index (χ1n) is 10.4. The molecule has 4 rings (SSSR count). The van der Waals surface area contributed by atoms with Crippen LogP contribution in [0, 0.1) is 22.9 Å². The van der Waals surface area contributed by atoms with Gasteiger partial charge in [-0.2, -0.15) is 0 Å². The summed E-state index contributed by atoms with van der Waals surface area (Å²) in [4.78, 5) is 27.7. The molecule has 1 aromatic heterocycles. The van der Waals surface area contributed by atoms with Gasteiger partial charge >= 0.3 is 0 Å². The number of non-ortho nitro benzene ring substituents is 1. The Hall–Kier alpha value is -3.66. The largest absolute Gasteiger partial charge is 0.336 e. The van der Waals surface area contributed by atoms with Gasteiger partial charge in [0.25, 0.3) is 11.6 Å². The molecule has 0 spiro atoms. The molecule has 3 aromatic rings. The van der Waals surface area contributed by atoms with Crippen molar-refractivity contribution in [2.75, 3.05) is 26.2 Å². The van der Waals surface area contributed by atoms with Crippen LogP contribution in [-0.4, -0.2) is 61.8 Å². The number of amides is 1. The highest BCUT2D eigenvalue weighted by molar-refractivity contribution is 5.93. The third kappa shape index (κ3) is 4.65. The summed E-state index contributed by atoms with van der Waals surface area (Å²) < 4.78 is 14.6. The maximum Gasteiger partial charge on any atom is 0.276 e. The van der Waals surface area contributed by atoms with Crippen molar-refractivity contribution < 1.29 is 14.1 Å². The number of nitrogens with zero attached hydrogens (tertiary/aromatic N) is 6. The van der Waals surface area contributed by atoms with E-state index in [1.807, 2.05) is 0 Å². The lowest BCUT2D eigenvalue weighted by molar-refractivity contribution is -0.384. The quantitative estimate of drug-likeness (QED) is 0.449. The summed E-state index contributed by atoms with van der Waals surface area (Å²) in [6, 6.07) is 12.5. The highest BCUT2D eigenvalue weighted by Gasteiger charge is 2.25. The Labute approximate surface area is 184 Å². The predicted octanol–water partition coefficient (Wildman–Crippen LogP) is 2.97. The Balaban J connectivity index is 1.45. The van der Waals surface area contributed by atoms with Crippen LogP contribution in [0.4, 0.5) is 10.1 Å². The van der Waals surface area contributed by atoms with E-state index in [1.165, 1.54) is 28.9 Å². The summed E-state index contributed by atoms with van der Waals surface area (Å²) in [5.41, 5.74) is 2.22. The number of hydrogen-bond donors (Lipinski definition) is 0. The minimum absolute atomic E-state index is 0.0564. The number of carbonyl (C=O) groups excluding carboxylic acids is 1. The monoisotopic (exact) mass is 438 g/mol. The molecule has 32 heavy (non-hydrogen) atoms. The fourth-order valence-corrected chi connectivity index (χ4v) is 3.84. The zero-order chi connectivity index (χ0) is 22.7. The summed E-state index contributed by atoms with van der Waals surface area (Å²) in [6.07, 6.45) is 0.811. The summed E-state index contributed by atoms with van der Waals surface area (Å²) in [5, 5.41) is 19.2. The number of benzene rings is 2. The first-order chi connectivity index (χ1) is 15.4. The minimum atomic E-state index is -0.475. The Bertz CT molecular complexity index is 1130. The number of rotatable bonds is 5. The van der Waals surface area contributed by atoms with Gasteiger partial charge in [-0.25, -0.2) is 9.07 Å². The van der Waals surface area contributed by atoms with E-state index < -0.39 is 4.92 Å². The van der Waals surface area contributed by atoms with Crippen LogP contribution in [0.1, 0.15) is 28.2 Å². The van der Waals surface area contributed by atoms with E-state index in [2.05, 4.69) is 15.2 Å². The molecular weight excluding hydrogens is 415 g/mol. The van der Waals surface area contributed by atoms with E-state index in [0.717, 1.165) is 18.5 Å². The van der Waals surface area contributed by atoms with Crippen molar-refractivity contribution in [2.24, 2.45) is 0 Å². The molecule has 10 heteroatoms. The Morgan fingerprint density at radius 2 is 1.91 bits per heavy atom. The number of aromatic nitrogens is 3. The first kappa shape index (κ1) is 21.6. The molecule has 0 radical (unpaired) electrons. The average molecular weight is 438 g/mol. The van der Waals surface area contributed by atoms with E-state index in [9.17, 15) is 19.3 Å². The van der Waals surface area contributed by atoms with Crippen LogP contribution in [0.25, 0.3) is 5.69 Å². The Morgan fingerprint density at radius 1 is 1.12 bits per heavy atom. The van der Waals surface area contributed by atoms with E-state index in [4.69, 9.17) is 0 Å². The van der Waals surface area contributed by atoms with Gasteiger partial charge in [0.1, 0.15) is 5.82 Å². The van der Waals surface area contributed by atoms with Crippen molar-refractivity contribution in [3.05, 3.63) is 81.4 Å². The average Bonchev–Trinajstić information content (AvgIpc) is 3.02. The van der Waals surface area contributed by atoms with E-state index >= 15 is 0 Å². The fourth-order valence-electron chi connectivity index (χ4n) is 3.84. The smallest absolute Gasteiger partial charge is 0.276 e.